The third kappa shape index (κ3) is 4.85. The molecule has 0 N–H and O–H groups in total. The fourth-order valence-electron chi connectivity index (χ4n) is 2.60. The summed E-state index contributed by atoms with van der Waals surface area (Å²) in [4.78, 5) is 9.12. The van der Waals surface area contributed by atoms with Crippen molar-refractivity contribution in [3.05, 3.63) is 71.8 Å². The molecule has 0 heterocycles. The molecule has 0 aromatic heterocycles. The maximum absolute atomic E-state index is 12.7. The first-order valence-electron chi connectivity index (χ1n) is 7.88. The molecule has 2 nitrogen and oxygen atoms in total. The number of hydrogen-bond acceptors (Lipinski definition) is 2. The highest BCUT2D eigenvalue weighted by molar-refractivity contribution is 6.13. The van der Waals surface area contributed by atoms with Crippen LogP contribution in [0.5, 0.6) is 0 Å². The van der Waals surface area contributed by atoms with Gasteiger partial charge in [-0.2, -0.15) is 0 Å². The molecule has 1 atom stereocenters. The SMILES string of the molecule is CN=CC(C)(CCCF)N=C(c1ccccc1)c1ccccc1. The third-order valence-corrected chi connectivity index (χ3v) is 3.69. The molecule has 2 aromatic carbocycles. The van der Waals surface area contributed by atoms with E-state index in [0.717, 1.165) is 16.8 Å². The second-order valence-corrected chi connectivity index (χ2v) is 5.73. The largest absolute Gasteiger partial charge is 0.298 e. The zero-order valence-electron chi connectivity index (χ0n) is 13.7. The van der Waals surface area contributed by atoms with E-state index in [1.807, 2.05) is 73.8 Å². The van der Waals surface area contributed by atoms with Crippen molar-refractivity contribution in [2.75, 3.05) is 13.7 Å². The molecule has 23 heavy (non-hydrogen) atoms. The molecule has 0 spiro atoms. The first kappa shape index (κ1) is 17.1. The fraction of sp³-hybridized carbons (Fsp3) is 0.300. The molecule has 2 aromatic rings. The molecule has 0 radical (unpaired) electrons. The van der Waals surface area contributed by atoms with E-state index in [9.17, 15) is 4.39 Å². The number of alkyl halides is 1. The van der Waals surface area contributed by atoms with Crippen LogP contribution in [0, 0.1) is 0 Å². The lowest BCUT2D eigenvalue weighted by Gasteiger charge is -2.22. The number of halogens is 1. The minimum absolute atomic E-state index is 0.339. The van der Waals surface area contributed by atoms with Gasteiger partial charge in [0.2, 0.25) is 0 Å². The second kappa shape index (κ2) is 8.37. The Kier molecular flexibility index (Phi) is 6.21. The van der Waals surface area contributed by atoms with Crippen LogP contribution in [0.15, 0.2) is 70.6 Å². The van der Waals surface area contributed by atoms with Crippen LogP contribution in [0.2, 0.25) is 0 Å². The molecule has 0 amide bonds. The Morgan fingerprint density at radius 1 is 1.00 bits per heavy atom. The summed E-state index contributed by atoms with van der Waals surface area (Å²) >= 11 is 0. The van der Waals surface area contributed by atoms with Crippen molar-refractivity contribution in [2.45, 2.75) is 25.3 Å². The maximum Gasteiger partial charge on any atom is 0.0933 e. The number of aliphatic imine (C=N–C) groups is 2. The van der Waals surface area contributed by atoms with E-state index in [2.05, 4.69) is 4.99 Å². The Morgan fingerprint density at radius 2 is 1.52 bits per heavy atom. The van der Waals surface area contributed by atoms with Crippen molar-refractivity contribution >= 4 is 11.9 Å². The molecule has 1 unspecified atom stereocenters. The van der Waals surface area contributed by atoms with Gasteiger partial charge in [-0.15, -0.1) is 0 Å². The summed E-state index contributed by atoms with van der Waals surface area (Å²) in [6.07, 6.45) is 2.92. The molecule has 0 aliphatic heterocycles. The van der Waals surface area contributed by atoms with Crippen LogP contribution in [0.3, 0.4) is 0 Å². The van der Waals surface area contributed by atoms with Crippen LogP contribution in [0.4, 0.5) is 4.39 Å². The van der Waals surface area contributed by atoms with E-state index >= 15 is 0 Å². The summed E-state index contributed by atoms with van der Waals surface area (Å²) < 4.78 is 12.7. The molecule has 0 fully saturated rings. The van der Waals surface area contributed by atoms with Crippen molar-refractivity contribution in [1.29, 1.82) is 0 Å². The quantitative estimate of drug-likeness (QED) is 0.660. The van der Waals surface area contributed by atoms with Gasteiger partial charge < -0.3 is 0 Å². The molecule has 2 rings (SSSR count). The highest BCUT2D eigenvalue weighted by atomic mass is 19.1. The smallest absolute Gasteiger partial charge is 0.0933 e. The maximum atomic E-state index is 12.7. The normalized spacial score (nSPS) is 13.7. The third-order valence-electron chi connectivity index (χ3n) is 3.69. The van der Waals surface area contributed by atoms with E-state index < -0.39 is 5.54 Å². The van der Waals surface area contributed by atoms with Crippen LogP contribution in [0.25, 0.3) is 0 Å². The molecular formula is C20H23FN2. The van der Waals surface area contributed by atoms with Gasteiger partial charge in [-0.05, 0) is 19.8 Å². The monoisotopic (exact) mass is 310 g/mol. The molecule has 120 valence electrons. The summed E-state index contributed by atoms with van der Waals surface area (Å²) in [7, 11) is 1.73. The van der Waals surface area contributed by atoms with Crippen LogP contribution in [0.1, 0.15) is 30.9 Å². The Balaban J connectivity index is 2.51. The molecule has 0 aliphatic carbocycles. The van der Waals surface area contributed by atoms with Crippen molar-refractivity contribution in [2.24, 2.45) is 9.98 Å². The van der Waals surface area contributed by atoms with Crippen LogP contribution in [-0.2, 0) is 0 Å². The zero-order valence-corrected chi connectivity index (χ0v) is 13.7. The highest BCUT2D eigenvalue weighted by Crippen LogP contribution is 2.21. The fourth-order valence-corrected chi connectivity index (χ4v) is 2.60. The van der Waals surface area contributed by atoms with E-state index in [-0.39, 0.29) is 6.67 Å². The summed E-state index contributed by atoms with van der Waals surface area (Å²) in [5.74, 6) is 0. The second-order valence-electron chi connectivity index (χ2n) is 5.73. The minimum Gasteiger partial charge on any atom is -0.298 e. The van der Waals surface area contributed by atoms with Gasteiger partial charge in [-0.25, -0.2) is 0 Å². The lowest BCUT2D eigenvalue weighted by molar-refractivity contribution is 0.431. The van der Waals surface area contributed by atoms with Gasteiger partial charge in [-0.1, -0.05) is 60.7 Å². The van der Waals surface area contributed by atoms with E-state index in [0.29, 0.717) is 12.8 Å². The topological polar surface area (TPSA) is 24.7 Å². The van der Waals surface area contributed by atoms with Crippen molar-refractivity contribution in [3.63, 3.8) is 0 Å². The molecule has 0 saturated heterocycles. The van der Waals surface area contributed by atoms with Crippen molar-refractivity contribution in [3.8, 4) is 0 Å². The average molecular weight is 310 g/mol. The molecule has 0 saturated carbocycles. The lowest BCUT2D eigenvalue weighted by atomic mass is 9.95. The predicted octanol–water partition coefficient (Wildman–Crippen LogP) is 4.73. The van der Waals surface area contributed by atoms with Gasteiger partial charge in [0.05, 0.1) is 17.9 Å². The van der Waals surface area contributed by atoms with Gasteiger partial charge in [0.25, 0.3) is 0 Å². The van der Waals surface area contributed by atoms with E-state index in [4.69, 9.17) is 4.99 Å². The zero-order chi connectivity index (χ0) is 16.5. The summed E-state index contributed by atoms with van der Waals surface area (Å²) in [5, 5.41) is 0. The Morgan fingerprint density at radius 3 is 1.96 bits per heavy atom. The van der Waals surface area contributed by atoms with Gasteiger partial charge in [0.1, 0.15) is 0 Å². The van der Waals surface area contributed by atoms with E-state index in [1.54, 1.807) is 7.05 Å². The minimum atomic E-state index is -0.512. The van der Waals surface area contributed by atoms with Gasteiger partial charge in [0, 0.05) is 24.4 Å². The summed E-state index contributed by atoms with van der Waals surface area (Å²) in [6.45, 7) is 1.66. The van der Waals surface area contributed by atoms with Crippen LogP contribution in [-0.4, -0.2) is 31.2 Å². The van der Waals surface area contributed by atoms with Crippen molar-refractivity contribution < 1.29 is 4.39 Å². The van der Waals surface area contributed by atoms with Gasteiger partial charge in [-0.3, -0.25) is 14.4 Å². The van der Waals surface area contributed by atoms with E-state index in [1.165, 1.54) is 0 Å². The number of rotatable bonds is 7. The Hall–Kier alpha value is -2.29. The summed E-state index contributed by atoms with van der Waals surface area (Å²) in [5.41, 5.74) is 2.50. The van der Waals surface area contributed by atoms with Gasteiger partial charge in [0.15, 0.2) is 0 Å². The summed E-state index contributed by atoms with van der Waals surface area (Å²) in [6, 6.07) is 20.2. The first-order valence-corrected chi connectivity index (χ1v) is 7.88. The first-order chi connectivity index (χ1) is 11.2. The van der Waals surface area contributed by atoms with Crippen LogP contribution >= 0.6 is 0 Å². The number of nitrogens with zero attached hydrogens (tertiary/aromatic N) is 2. The molecular weight excluding hydrogens is 287 g/mol. The van der Waals surface area contributed by atoms with Crippen LogP contribution < -0.4 is 0 Å². The Labute approximate surface area is 137 Å². The van der Waals surface area contributed by atoms with Crippen molar-refractivity contribution in [1.82, 2.24) is 0 Å². The lowest BCUT2D eigenvalue weighted by Crippen LogP contribution is -2.27. The number of benzene rings is 2. The molecule has 0 aliphatic rings. The van der Waals surface area contributed by atoms with Gasteiger partial charge >= 0.3 is 0 Å². The Bertz CT molecular complexity index is 608. The molecule has 3 heteroatoms. The highest BCUT2D eigenvalue weighted by Gasteiger charge is 2.22. The average Bonchev–Trinajstić information content (AvgIpc) is 2.60. The number of hydrogen-bond donors (Lipinski definition) is 0. The molecule has 0 bridgehead atoms. The standard InChI is InChI=1S/C20H23FN2/c1-20(16-22-2,14-9-15-21)23-19(17-10-5-3-6-11-17)18-12-7-4-8-13-18/h3-8,10-13,16H,9,14-15H2,1-2H3. The predicted molar refractivity (Wildman–Crippen MR) is 96.6 cm³/mol.